The molecule has 1 N–H and O–H groups in total. The van der Waals surface area contributed by atoms with Gasteiger partial charge < -0.3 is 4.74 Å². The number of sulfonamides is 1. The highest BCUT2D eigenvalue weighted by molar-refractivity contribution is 9.10. The summed E-state index contributed by atoms with van der Waals surface area (Å²) >= 11 is 4.55. The van der Waals surface area contributed by atoms with Crippen LogP contribution in [0, 0.1) is 0 Å². The van der Waals surface area contributed by atoms with Crippen molar-refractivity contribution in [2.45, 2.75) is 24.2 Å². The highest BCUT2D eigenvalue weighted by Gasteiger charge is 2.13. The third kappa shape index (κ3) is 4.56. The number of thiophene rings is 1. The first-order valence-electron chi connectivity index (χ1n) is 6.43. The molecular formula is C14H15BrN2O3S2. The topological polar surface area (TPSA) is 67.8 Å². The number of hydrogen-bond donors (Lipinski definition) is 1. The first-order chi connectivity index (χ1) is 10.4. The minimum absolute atomic E-state index is 0.0772. The van der Waals surface area contributed by atoms with Crippen molar-refractivity contribution in [3.05, 3.63) is 45.7 Å². The molecule has 5 nitrogen and oxygen atoms in total. The van der Waals surface area contributed by atoms with E-state index in [1.165, 1.54) is 12.3 Å². The molecule has 118 valence electrons. The molecule has 1 aromatic carbocycles. The van der Waals surface area contributed by atoms with Crippen molar-refractivity contribution in [3.8, 4) is 5.75 Å². The highest BCUT2D eigenvalue weighted by Crippen LogP contribution is 2.26. The summed E-state index contributed by atoms with van der Waals surface area (Å²) in [4.78, 5) is 2.18. The van der Waals surface area contributed by atoms with E-state index in [1.807, 2.05) is 13.8 Å². The van der Waals surface area contributed by atoms with Crippen LogP contribution < -0.4 is 9.57 Å². The van der Waals surface area contributed by atoms with E-state index in [0.717, 1.165) is 27.1 Å². The Morgan fingerprint density at radius 2 is 2.14 bits per heavy atom. The van der Waals surface area contributed by atoms with Gasteiger partial charge >= 0.3 is 0 Å². The van der Waals surface area contributed by atoms with Gasteiger partial charge in [-0.05, 0) is 65.0 Å². The zero-order valence-electron chi connectivity index (χ0n) is 12.0. The second-order valence-corrected chi connectivity index (χ2v) is 8.33. The summed E-state index contributed by atoms with van der Waals surface area (Å²) in [6.07, 6.45) is 1.52. The van der Waals surface area contributed by atoms with Crippen molar-refractivity contribution in [1.29, 1.82) is 0 Å². The molecule has 0 saturated heterocycles. The Kier molecular flexibility index (Phi) is 5.60. The van der Waals surface area contributed by atoms with Crippen molar-refractivity contribution >= 4 is 43.5 Å². The largest absolute Gasteiger partial charge is 0.490 e. The Morgan fingerprint density at radius 3 is 2.73 bits per heavy atom. The van der Waals surface area contributed by atoms with Gasteiger partial charge in [0.25, 0.3) is 10.0 Å². The molecule has 0 bridgehead atoms. The second kappa shape index (κ2) is 7.26. The van der Waals surface area contributed by atoms with Crippen LogP contribution in [0.5, 0.6) is 5.75 Å². The zero-order chi connectivity index (χ0) is 16.2. The number of nitrogens with zero attached hydrogens (tertiary/aromatic N) is 1. The van der Waals surface area contributed by atoms with Crippen molar-refractivity contribution in [3.63, 3.8) is 0 Å². The quantitative estimate of drug-likeness (QED) is 0.592. The molecule has 0 radical (unpaired) electrons. The zero-order valence-corrected chi connectivity index (χ0v) is 15.2. The molecule has 0 amide bonds. The van der Waals surface area contributed by atoms with Gasteiger partial charge in [0.1, 0.15) is 9.96 Å². The summed E-state index contributed by atoms with van der Waals surface area (Å²) in [6, 6.07) is 8.61. The number of hydrogen-bond acceptors (Lipinski definition) is 5. The molecule has 0 saturated carbocycles. The van der Waals surface area contributed by atoms with Crippen LogP contribution in [0.4, 0.5) is 0 Å². The van der Waals surface area contributed by atoms with E-state index < -0.39 is 10.0 Å². The van der Waals surface area contributed by atoms with Crippen molar-refractivity contribution in [1.82, 2.24) is 4.83 Å². The number of rotatable bonds is 6. The molecule has 0 fully saturated rings. The summed E-state index contributed by atoms with van der Waals surface area (Å²) in [5.74, 6) is 0.728. The van der Waals surface area contributed by atoms with Crippen LogP contribution in [-0.4, -0.2) is 20.7 Å². The Hall–Kier alpha value is -1.38. The molecule has 2 aromatic rings. The normalized spacial score (nSPS) is 12.0. The van der Waals surface area contributed by atoms with Gasteiger partial charge in [0.2, 0.25) is 0 Å². The minimum Gasteiger partial charge on any atom is -0.490 e. The van der Waals surface area contributed by atoms with Crippen molar-refractivity contribution in [2.24, 2.45) is 5.10 Å². The van der Waals surface area contributed by atoms with Crippen LogP contribution in [0.25, 0.3) is 0 Å². The first kappa shape index (κ1) is 17.0. The summed E-state index contributed by atoms with van der Waals surface area (Å²) in [5, 5.41) is 5.48. The SMILES string of the molecule is CC(C)Oc1ccc(/C=N/NS(=O)(=O)c2cccs2)cc1Br. The summed E-state index contributed by atoms with van der Waals surface area (Å²) < 4.78 is 30.4. The Bertz CT molecular complexity index is 756. The van der Waals surface area contributed by atoms with Crippen LogP contribution in [0.3, 0.4) is 0 Å². The monoisotopic (exact) mass is 402 g/mol. The fourth-order valence-electron chi connectivity index (χ4n) is 1.58. The van der Waals surface area contributed by atoms with Crippen LogP contribution in [0.2, 0.25) is 0 Å². The van der Waals surface area contributed by atoms with Crippen molar-refractivity contribution < 1.29 is 13.2 Å². The lowest BCUT2D eigenvalue weighted by Gasteiger charge is -2.11. The molecular weight excluding hydrogens is 388 g/mol. The summed E-state index contributed by atoms with van der Waals surface area (Å²) in [5.41, 5.74) is 0.747. The summed E-state index contributed by atoms with van der Waals surface area (Å²) in [7, 11) is -3.59. The van der Waals surface area contributed by atoms with E-state index in [4.69, 9.17) is 4.74 Å². The molecule has 0 aliphatic rings. The molecule has 22 heavy (non-hydrogen) atoms. The maximum atomic E-state index is 11.9. The average Bonchev–Trinajstić information content (AvgIpc) is 2.96. The predicted octanol–water partition coefficient (Wildman–Crippen LogP) is 3.61. The molecule has 1 heterocycles. The minimum atomic E-state index is -3.59. The van der Waals surface area contributed by atoms with Crippen molar-refractivity contribution in [2.75, 3.05) is 0 Å². The number of hydrazone groups is 1. The van der Waals surface area contributed by atoms with Gasteiger partial charge in [-0.1, -0.05) is 6.07 Å². The predicted molar refractivity (Wildman–Crippen MR) is 92.1 cm³/mol. The van der Waals surface area contributed by atoms with Gasteiger partial charge in [-0.25, -0.2) is 0 Å². The van der Waals surface area contributed by atoms with Gasteiger partial charge in [-0.3, -0.25) is 0 Å². The third-order valence-electron chi connectivity index (χ3n) is 2.47. The van der Waals surface area contributed by atoms with Gasteiger partial charge in [0.15, 0.2) is 0 Å². The van der Waals surface area contributed by atoms with Gasteiger partial charge in [-0.2, -0.15) is 18.4 Å². The van der Waals surface area contributed by atoms with Gasteiger partial charge in [0, 0.05) is 0 Å². The van der Waals surface area contributed by atoms with Crippen LogP contribution >= 0.6 is 27.3 Å². The van der Waals surface area contributed by atoms with E-state index in [9.17, 15) is 8.42 Å². The van der Waals surface area contributed by atoms with E-state index >= 15 is 0 Å². The van der Waals surface area contributed by atoms with Crippen LogP contribution in [0.15, 0.2) is 49.5 Å². The molecule has 8 heteroatoms. The molecule has 0 unspecified atom stereocenters. The molecule has 2 rings (SSSR count). The van der Waals surface area contributed by atoms with Crippen LogP contribution in [-0.2, 0) is 10.0 Å². The first-order valence-corrected chi connectivity index (χ1v) is 9.58. The molecule has 0 aliphatic heterocycles. The van der Waals surface area contributed by atoms with Crippen LogP contribution in [0.1, 0.15) is 19.4 Å². The number of halogens is 1. The maximum Gasteiger partial charge on any atom is 0.286 e. The molecule has 0 atom stereocenters. The van der Waals surface area contributed by atoms with E-state index in [-0.39, 0.29) is 10.3 Å². The van der Waals surface area contributed by atoms with E-state index in [1.54, 1.807) is 29.6 Å². The summed E-state index contributed by atoms with van der Waals surface area (Å²) in [6.45, 7) is 3.89. The van der Waals surface area contributed by atoms with E-state index in [2.05, 4.69) is 25.9 Å². The smallest absolute Gasteiger partial charge is 0.286 e. The van der Waals surface area contributed by atoms with E-state index in [0.29, 0.717) is 0 Å². The lowest BCUT2D eigenvalue weighted by Crippen LogP contribution is -2.17. The van der Waals surface area contributed by atoms with Gasteiger partial charge in [-0.15, -0.1) is 11.3 Å². The number of nitrogens with one attached hydrogen (secondary N) is 1. The Labute approximate surface area is 142 Å². The highest BCUT2D eigenvalue weighted by atomic mass is 79.9. The molecule has 1 aromatic heterocycles. The third-order valence-corrected chi connectivity index (χ3v) is 5.70. The Balaban J connectivity index is 2.06. The number of ether oxygens (including phenoxy) is 1. The Morgan fingerprint density at radius 1 is 1.36 bits per heavy atom. The lowest BCUT2D eigenvalue weighted by molar-refractivity contribution is 0.241. The lowest BCUT2D eigenvalue weighted by atomic mass is 10.2. The maximum absolute atomic E-state index is 11.9. The van der Waals surface area contributed by atoms with Gasteiger partial charge in [0.05, 0.1) is 16.8 Å². The number of benzene rings is 1. The molecule has 0 aliphatic carbocycles. The molecule has 0 spiro atoms. The second-order valence-electron chi connectivity index (χ2n) is 4.64. The average molecular weight is 403 g/mol. The fourth-order valence-corrected chi connectivity index (χ4v) is 3.84. The standard InChI is InChI=1S/C14H15BrN2O3S2/c1-10(2)20-13-6-5-11(8-12(13)15)9-16-17-22(18,19)14-4-3-7-21-14/h3-10,17H,1-2H3/b16-9+. The fraction of sp³-hybridized carbons (Fsp3) is 0.214.